The van der Waals surface area contributed by atoms with Gasteiger partial charge in [-0.1, -0.05) is 6.07 Å². The van der Waals surface area contributed by atoms with E-state index >= 15 is 0 Å². The highest BCUT2D eigenvalue weighted by molar-refractivity contribution is 5.64. The Hall–Kier alpha value is -2.93. The molecule has 3 aromatic rings. The second kappa shape index (κ2) is 6.90. The van der Waals surface area contributed by atoms with Gasteiger partial charge in [-0.25, -0.2) is 15.0 Å². The number of anilines is 1. The second-order valence-corrected chi connectivity index (χ2v) is 6.07. The molecule has 4 rings (SSSR count). The molecule has 7 nitrogen and oxygen atoms in total. The molecular weight excluding hydrogens is 314 g/mol. The third-order valence-corrected chi connectivity index (χ3v) is 4.30. The topological polar surface area (TPSA) is 93.7 Å². The van der Waals surface area contributed by atoms with Gasteiger partial charge in [0.15, 0.2) is 5.82 Å². The highest BCUT2D eigenvalue weighted by atomic mass is 15.2. The van der Waals surface area contributed by atoms with Crippen molar-refractivity contribution >= 4 is 5.82 Å². The fraction of sp³-hybridized carbons (Fsp3) is 0.278. The fourth-order valence-electron chi connectivity index (χ4n) is 2.90. The summed E-state index contributed by atoms with van der Waals surface area (Å²) < 4.78 is 0. The van der Waals surface area contributed by atoms with Crippen LogP contribution in [0.3, 0.4) is 0 Å². The van der Waals surface area contributed by atoms with Crippen LogP contribution in [0.2, 0.25) is 0 Å². The Labute approximate surface area is 146 Å². The van der Waals surface area contributed by atoms with Gasteiger partial charge < -0.3 is 10.6 Å². The smallest absolute Gasteiger partial charge is 0.182 e. The van der Waals surface area contributed by atoms with E-state index in [1.54, 1.807) is 24.8 Å². The maximum Gasteiger partial charge on any atom is 0.182 e. The van der Waals surface area contributed by atoms with Gasteiger partial charge in [-0.2, -0.15) is 0 Å². The van der Waals surface area contributed by atoms with Crippen molar-refractivity contribution in [1.82, 2.24) is 24.9 Å². The maximum atomic E-state index is 6.03. The van der Waals surface area contributed by atoms with Gasteiger partial charge in [-0.15, -0.1) is 0 Å². The van der Waals surface area contributed by atoms with Gasteiger partial charge >= 0.3 is 0 Å². The molecule has 7 heteroatoms. The van der Waals surface area contributed by atoms with Crippen molar-refractivity contribution < 1.29 is 0 Å². The standard InChI is InChI=1S/C18H19N7/c19-13-4-9-25(10-5-13)17-11-15(14-3-1-2-6-21-14)23-18(24-17)16-12-20-7-8-22-16/h1-3,6-8,11-13H,4-5,9-10,19H2. The number of rotatable bonds is 3. The molecule has 0 aromatic carbocycles. The first-order valence-electron chi connectivity index (χ1n) is 8.37. The van der Waals surface area contributed by atoms with E-state index in [-0.39, 0.29) is 6.04 Å². The van der Waals surface area contributed by atoms with E-state index in [9.17, 15) is 0 Å². The minimum absolute atomic E-state index is 0.271. The zero-order valence-electron chi connectivity index (χ0n) is 13.8. The van der Waals surface area contributed by atoms with Crippen molar-refractivity contribution in [2.45, 2.75) is 18.9 Å². The molecule has 0 saturated carbocycles. The third-order valence-electron chi connectivity index (χ3n) is 4.30. The number of nitrogens with two attached hydrogens (primary N) is 1. The number of pyridine rings is 1. The average molecular weight is 333 g/mol. The van der Waals surface area contributed by atoms with Gasteiger partial charge in [-0.3, -0.25) is 9.97 Å². The molecule has 1 fully saturated rings. The molecule has 4 heterocycles. The second-order valence-electron chi connectivity index (χ2n) is 6.07. The van der Waals surface area contributed by atoms with Crippen LogP contribution in [0.4, 0.5) is 5.82 Å². The van der Waals surface area contributed by atoms with Crippen LogP contribution in [0, 0.1) is 0 Å². The monoisotopic (exact) mass is 333 g/mol. The molecule has 2 N–H and O–H groups in total. The van der Waals surface area contributed by atoms with Crippen LogP contribution >= 0.6 is 0 Å². The van der Waals surface area contributed by atoms with Crippen LogP contribution < -0.4 is 10.6 Å². The molecule has 1 saturated heterocycles. The van der Waals surface area contributed by atoms with Gasteiger partial charge in [0.05, 0.1) is 17.6 Å². The predicted molar refractivity (Wildman–Crippen MR) is 95.7 cm³/mol. The summed E-state index contributed by atoms with van der Waals surface area (Å²) in [5.41, 5.74) is 8.27. The SMILES string of the molecule is NC1CCN(c2cc(-c3ccccn3)nc(-c3cnccn3)n2)CC1. The lowest BCUT2D eigenvalue weighted by Gasteiger charge is -2.31. The summed E-state index contributed by atoms with van der Waals surface area (Å²) in [5, 5.41) is 0. The molecule has 0 unspecified atom stereocenters. The normalized spacial score (nSPS) is 15.3. The van der Waals surface area contributed by atoms with Crippen molar-refractivity contribution in [2.24, 2.45) is 5.73 Å². The van der Waals surface area contributed by atoms with Gasteiger partial charge in [0.1, 0.15) is 11.5 Å². The highest BCUT2D eigenvalue weighted by Gasteiger charge is 2.20. The quantitative estimate of drug-likeness (QED) is 0.782. The fourth-order valence-corrected chi connectivity index (χ4v) is 2.90. The van der Waals surface area contributed by atoms with Gasteiger partial charge in [-0.05, 0) is 25.0 Å². The first-order chi connectivity index (χ1) is 12.3. The lowest BCUT2D eigenvalue weighted by molar-refractivity contribution is 0.498. The third kappa shape index (κ3) is 3.46. The minimum atomic E-state index is 0.271. The Morgan fingerprint density at radius 1 is 0.920 bits per heavy atom. The van der Waals surface area contributed by atoms with Gasteiger partial charge in [0.25, 0.3) is 0 Å². The molecular formula is C18H19N7. The summed E-state index contributed by atoms with van der Waals surface area (Å²) in [6, 6.07) is 8.04. The Bertz CT molecular complexity index is 773. The van der Waals surface area contributed by atoms with Crippen molar-refractivity contribution in [2.75, 3.05) is 18.0 Å². The Kier molecular flexibility index (Phi) is 4.30. The average Bonchev–Trinajstić information content (AvgIpc) is 2.69. The molecule has 0 bridgehead atoms. The molecule has 0 radical (unpaired) electrons. The van der Waals surface area contributed by atoms with E-state index in [0.29, 0.717) is 11.5 Å². The van der Waals surface area contributed by atoms with E-state index in [0.717, 1.165) is 43.1 Å². The van der Waals surface area contributed by atoms with Gasteiger partial charge in [0.2, 0.25) is 0 Å². The molecule has 3 aromatic heterocycles. The highest BCUT2D eigenvalue weighted by Crippen LogP contribution is 2.25. The Morgan fingerprint density at radius 2 is 1.76 bits per heavy atom. The van der Waals surface area contributed by atoms with E-state index < -0.39 is 0 Å². The predicted octanol–water partition coefficient (Wildman–Crippen LogP) is 1.92. The number of piperidine rings is 1. The molecule has 25 heavy (non-hydrogen) atoms. The first-order valence-corrected chi connectivity index (χ1v) is 8.37. The number of hydrogen-bond donors (Lipinski definition) is 1. The summed E-state index contributed by atoms with van der Waals surface area (Å²) in [5.74, 6) is 1.43. The first kappa shape index (κ1) is 15.6. The molecule has 1 aliphatic rings. The Balaban J connectivity index is 1.78. The lowest BCUT2D eigenvalue weighted by atomic mass is 10.1. The van der Waals surface area contributed by atoms with Crippen LogP contribution in [0.25, 0.3) is 22.9 Å². The number of hydrogen-bond acceptors (Lipinski definition) is 7. The van der Waals surface area contributed by atoms with Crippen LogP contribution in [0.1, 0.15) is 12.8 Å². The summed E-state index contributed by atoms with van der Waals surface area (Å²) >= 11 is 0. The largest absolute Gasteiger partial charge is 0.356 e. The number of nitrogens with zero attached hydrogens (tertiary/aromatic N) is 6. The zero-order valence-corrected chi connectivity index (χ0v) is 13.8. The summed E-state index contributed by atoms with van der Waals surface area (Å²) in [6.45, 7) is 1.78. The Morgan fingerprint density at radius 3 is 2.48 bits per heavy atom. The van der Waals surface area contributed by atoms with E-state index in [2.05, 4.69) is 24.8 Å². The molecule has 1 aliphatic heterocycles. The van der Waals surface area contributed by atoms with Crippen LogP contribution in [-0.4, -0.2) is 44.1 Å². The molecule has 126 valence electrons. The summed E-state index contributed by atoms with van der Waals surface area (Å²) in [4.78, 5) is 24.5. The zero-order chi connectivity index (χ0) is 17.1. The van der Waals surface area contributed by atoms with Crippen molar-refractivity contribution in [1.29, 1.82) is 0 Å². The lowest BCUT2D eigenvalue weighted by Crippen LogP contribution is -2.40. The number of aromatic nitrogens is 5. The maximum absolute atomic E-state index is 6.03. The van der Waals surface area contributed by atoms with Crippen LogP contribution in [0.15, 0.2) is 49.1 Å². The molecule has 0 atom stereocenters. The van der Waals surface area contributed by atoms with Gasteiger partial charge in [0, 0.05) is 43.8 Å². The molecule has 0 amide bonds. The van der Waals surface area contributed by atoms with Crippen molar-refractivity contribution in [3.8, 4) is 22.9 Å². The van der Waals surface area contributed by atoms with Crippen molar-refractivity contribution in [3.63, 3.8) is 0 Å². The minimum Gasteiger partial charge on any atom is -0.356 e. The van der Waals surface area contributed by atoms with E-state index in [1.807, 2.05) is 24.3 Å². The van der Waals surface area contributed by atoms with Crippen LogP contribution in [0.5, 0.6) is 0 Å². The molecule has 0 spiro atoms. The van der Waals surface area contributed by atoms with Crippen molar-refractivity contribution in [3.05, 3.63) is 49.1 Å². The van der Waals surface area contributed by atoms with Crippen LogP contribution in [-0.2, 0) is 0 Å². The van der Waals surface area contributed by atoms with E-state index in [1.165, 1.54) is 0 Å². The summed E-state index contributed by atoms with van der Waals surface area (Å²) in [6.07, 6.45) is 8.64. The molecule has 0 aliphatic carbocycles. The van der Waals surface area contributed by atoms with E-state index in [4.69, 9.17) is 10.7 Å². The summed E-state index contributed by atoms with van der Waals surface area (Å²) in [7, 11) is 0.